The molecule has 0 atom stereocenters. The molecule has 2 aliphatic rings. The van der Waals surface area contributed by atoms with Crippen LogP contribution in [0, 0.1) is 0 Å². The van der Waals surface area contributed by atoms with Crippen LogP contribution in [0.25, 0.3) is 11.2 Å². The molecule has 0 N–H and O–H groups in total. The van der Waals surface area contributed by atoms with Gasteiger partial charge in [-0.15, -0.1) is 0 Å². The van der Waals surface area contributed by atoms with Gasteiger partial charge in [-0.3, -0.25) is 9.78 Å². The maximum absolute atomic E-state index is 13.0. The number of hydrogen-bond donors (Lipinski definition) is 0. The van der Waals surface area contributed by atoms with Gasteiger partial charge in [0.2, 0.25) is 0 Å². The van der Waals surface area contributed by atoms with E-state index in [1.54, 1.807) is 18.7 Å². The maximum Gasteiger partial charge on any atom is 0.255 e. The van der Waals surface area contributed by atoms with Crippen molar-refractivity contribution in [3.8, 4) is 0 Å². The first-order chi connectivity index (χ1) is 14.3. The highest BCUT2D eigenvalue weighted by Gasteiger charge is 2.28. The number of fused-ring (bicyclic) bond motifs is 1. The average molecular weight is 390 g/mol. The van der Waals surface area contributed by atoms with Gasteiger partial charge in [0.1, 0.15) is 5.52 Å². The largest absolute Gasteiger partial charge is 0.338 e. The summed E-state index contributed by atoms with van der Waals surface area (Å²) >= 11 is 0. The second-order valence-electron chi connectivity index (χ2n) is 8.07. The second kappa shape index (κ2) is 7.91. The molecule has 2 aliphatic heterocycles. The second-order valence-corrected chi connectivity index (χ2v) is 8.07. The summed E-state index contributed by atoms with van der Waals surface area (Å²) in [7, 11) is 0. The molecule has 0 spiro atoms. The number of imidazole rings is 1. The molecule has 0 aliphatic carbocycles. The lowest BCUT2D eigenvalue weighted by atomic mass is 10.0. The summed E-state index contributed by atoms with van der Waals surface area (Å²) in [6.07, 6.45) is 11.9. The van der Waals surface area contributed by atoms with Crippen LogP contribution in [0.3, 0.4) is 0 Å². The van der Waals surface area contributed by atoms with E-state index in [0.29, 0.717) is 18.2 Å². The highest BCUT2D eigenvalue weighted by Crippen LogP contribution is 2.23. The lowest BCUT2D eigenvalue weighted by Crippen LogP contribution is -2.45. The number of piperidine rings is 1. The molecule has 7 nitrogen and oxygen atoms in total. The molecule has 5 rings (SSSR count). The van der Waals surface area contributed by atoms with Gasteiger partial charge in [-0.2, -0.15) is 0 Å². The number of carbonyl (C=O) groups is 1. The molecular formula is C22H26N6O. The van der Waals surface area contributed by atoms with E-state index in [2.05, 4.69) is 19.9 Å². The Labute approximate surface area is 170 Å². The van der Waals surface area contributed by atoms with Crippen molar-refractivity contribution in [1.29, 1.82) is 0 Å². The van der Waals surface area contributed by atoms with E-state index >= 15 is 0 Å². The third-order valence-electron chi connectivity index (χ3n) is 6.19. The zero-order valence-corrected chi connectivity index (χ0v) is 16.6. The van der Waals surface area contributed by atoms with Crippen molar-refractivity contribution in [2.45, 2.75) is 38.3 Å². The maximum atomic E-state index is 13.0. The minimum Gasteiger partial charge on any atom is -0.338 e. The van der Waals surface area contributed by atoms with Crippen molar-refractivity contribution in [3.05, 3.63) is 54.2 Å². The third-order valence-corrected chi connectivity index (χ3v) is 6.19. The first kappa shape index (κ1) is 18.2. The van der Waals surface area contributed by atoms with E-state index < -0.39 is 0 Å². The van der Waals surface area contributed by atoms with E-state index in [4.69, 9.17) is 0 Å². The first-order valence-electron chi connectivity index (χ1n) is 10.5. The predicted molar refractivity (Wildman–Crippen MR) is 111 cm³/mol. The molecule has 3 aromatic rings. The molecule has 2 fully saturated rings. The van der Waals surface area contributed by atoms with E-state index in [0.717, 1.165) is 42.7 Å². The third kappa shape index (κ3) is 3.74. The molecule has 0 radical (unpaired) electrons. The predicted octanol–water partition coefficient (Wildman–Crippen LogP) is 2.58. The molecule has 0 saturated carbocycles. The lowest BCUT2D eigenvalue weighted by molar-refractivity contribution is 0.0644. The Kier molecular flexibility index (Phi) is 4.97. The van der Waals surface area contributed by atoms with Gasteiger partial charge in [-0.05, 0) is 56.5 Å². The summed E-state index contributed by atoms with van der Waals surface area (Å²) in [4.78, 5) is 30.8. The van der Waals surface area contributed by atoms with Gasteiger partial charge in [0, 0.05) is 37.7 Å². The normalized spacial score (nSPS) is 18.6. The van der Waals surface area contributed by atoms with Gasteiger partial charge in [-0.1, -0.05) is 6.07 Å². The molecule has 150 valence electrons. The molecular weight excluding hydrogens is 364 g/mol. The smallest absolute Gasteiger partial charge is 0.255 e. The fourth-order valence-corrected chi connectivity index (χ4v) is 4.59. The Morgan fingerprint density at radius 3 is 2.66 bits per heavy atom. The first-order valence-corrected chi connectivity index (χ1v) is 10.5. The van der Waals surface area contributed by atoms with E-state index in [9.17, 15) is 4.79 Å². The van der Waals surface area contributed by atoms with Crippen molar-refractivity contribution in [1.82, 2.24) is 29.3 Å². The Morgan fingerprint density at radius 2 is 1.90 bits per heavy atom. The number of amides is 1. The van der Waals surface area contributed by atoms with Crippen LogP contribution in [0.5, 0.6) is 0 Å². The summed E-state index contributed by atoms with van der Waals surface area (Å²) in [6, 6.07) is 6.47. The Bertz CT molecular complexity index is 987. The van der Waals surface area contributed by atoms with Crippen molar-refractivity contribution in [2.75, 3.05) is 26.2 Å². The number of likely N-dealkylation sites (tertiary alicyclic amines) is 2. The van der Waals surface area contributed by atoms with Crippen LogP contribution in [-0.4, -0.2) is 67.4 Å². The van der Waals surface area contributed by atoms with Crippen molar-refractivity contribution < 1.29 is 4.79 Å². The molecule has 5 heterocycles. The number of aromatic nitrogens is 4. The topological polar surface area (TPSA) is 67.2 Å². The summed E-state index contributed by atoms with van der Waals surface area (Å²) in [5, 5.41) is 0. The Morgan fingerprint density at radius 1 is 1.07 bits per heavy atom. The summed E-state index contributed by atoms with van der Waals surface area (Å²) in [5.74, 6) is 0.0704. The summed E-state index contributed by atoms with van der Waals surface area (Å²) < 4.78 is 1.99. The molecule has 7 heteroatoms. The van der Waals surface area contributed by atoms with Crippen LogP contribution in [0.15, 0.2) is 43.1 Å². The highest BCUT2D eigenvalue weighted by molar-refractivity contribution is 5.96. The Balaban J connectivity index is 1.27. The van der Waals surface area contributed by atoms with Crippen LogP contribution in [0.4, 0.5) is 0 Å². The van der Waals surface area contributed by atoms with Crippen LogP contribution in [0.2, 0.25) is 0 Å². The fourth-order valence-electron chi connectivity index (χ4n) is 4.59. The van der Waals surface area contributed by atoms with Crippen molar-refractivity contribution >= 4 is 17.1 Å². The van der Waals surface area contributed by atoms with Gasteiger partial charge in [-0.25, -0.2) is 9.97 Å². The molecule has 2 saturated heterocycles. The average Bonchev–Trinajstić information content (AvgIpc) is 3.44. The monoisotopic (exact) mass is 390 g/mol. The number of pyridine rings is 2. The number of rotatable bonds is 4. The van der Waals surface area contributed by atoms with E-state index in [-0.39, 0.29) is 5.91 Å². The quantitative estimate of drug-likeness (QED) is 0.685. The highest BCUT2D eigenvalue weighted by atomic mass is 16.2. The van der Waals surface area contributed by atoms with Crippen LogP contribution < -0.4 is 0 Å². The van der Waals surface area contributed by atoms with Gasteiger partial charge in [0.15, 0.2) is 5.65 Å². The molecule has 1 amide bonds. The molecule has 0 unspecified atom stereocenters. The van der Waals surface area contributed by atoms with Crippen molar-refractivity contribution in [3.63, 3.8) is 0 Å². The SMILES string of the molecule is O=C(c1cnc2c(c1)ncn2Cc1cccnc1)N1CCC(N2CCCC2)CC1. The molecule has 29 heavy (non-hydrogen) atoms. The minimum atomic E-state index is 0.0704. The zero-order chi connectivity index (χ0) is 19.6. The minimum absolute atomic E-state index is 0.0704. The Hall–Kier alpha value is -2.80. The standard InChI is InChI=1S/C22H26N6O/c29-22(27-10-5-19(6-11-27)26-8-1-2-9-26)18-12-20-21(24-14-18)28(16-25-20)15-17-4-3-7-23-13-17/h3-4,7,12-14,16,19H,1-2,5-6,8-11,15H2. The molecule has 0 bridgehead atoms. The number of carbonyl (C=O) groups excluding carboxylic acids is 1. The molecule has 0 aromatic carbocycles. The van der Waals surface area contributed by atoms with E-state index in [1.807, 2.05) is 33.9 Å². The van der Waals surface area contributed by atoms with E-state index in [1.165, 1.54) is 25.9 Å². The number of nitrogens with zero attached hydrogens (tertiary/aromatic N) is 6. The van der Waals surface area contributed by atoms with Crippen LogP contribution in [-0.2, 0) is 6.54 Å². The summed E-state index contributed by atoms with van der Waals surface area (Å²) in [5.41, 5.74) is 3.27. The van der Waals surface area contributed by atoms with Gasteiger partial charge in [0.25, 0.3) is 5.91 Å². The van der Waals surface area contributed by atoms with Gasteiger partial charge < -0.3 is 14.4 Å². The van der Waals surface area contributed by atoms with Gasteiger partial charge in [0.05, 0.1) is 18.4 Å². The van der Waals surface area contributed by atoms with Crippen LogP contribution in [0.1, 0.15) is 41.6 Å². The fraction of sp³-hybridized carbons (Fsp3) is 0.455. The van der Waals surface area contributed by atoms with Crippen LogP contribution >= 0.6 is 0 Å². The van der Waals surface area contributed by atoms with Gasteiger partial charge >= 0.3 is 0 Å². The summed E-state index contributed by atoms with van der Waals surface area (Å²) in [6.45, 7) is 4.76. The lowest BCUT2D eigenvalue weighted by Gasteiger charge is -2.36. The molecule has 3 aromatic heterocycles. The number of hydrogen-bond acceptors (Lipinski definition) is 5. The zero-order valence-electron chi connectivity index (χ0n) is 16.6. The van der Waals surface area contributed by atoms with Crippen molar-refractivity contribution in [2.24, 2.45) is 0 Å².